The van der Waals surface area contributed by atoms with E-state index < -0.39 is 11.9 Å². The summed E-state index contributed by atoms with van der Waals surface area (Å²) >= 11 is 3.36. The number of hydrogen-bond donors (Lipinski definition) is 1. The monoisotopic (exact) mass is 467 g/mol. The van der Waals surface area contributed by atoms with Gasteiger partial charge in [-0.15, -0.1) is 0 Å². The van der Waals surface area contributed by atoms with Gasteiger partial charge < -0.3 is 9.84 Å². The molecule has 1 aliphatic rings. The van der Waals surface area contributed by atoms with Crippen molar-refractivity contribution in [3.8, 4) is 6.07 Å². The van der Waals surface area contributed by atoms with Crippen LogP contribution in [0.5, 0.6) is 0 Å². The molecule has 3 rings (SSSR count). The van der Waals surface area contributed by atoms with Crippen molar-refractivity contribution in [2.75, 3.05) is 18.7 Å². The lowest BCUT2D eigenvalue weighted by molar-refractivity contribution is -0.132. The third-order valence-corrected chi connectivity index (χ3v) is 5.11. The summed E-state index contributed by atoms with van der Waals surface area (Å²) in [5, 5.41) is 24.3. The zero-order valence-corrected chi connectivity index (χ0v) is 17.7. The van der Waals surface area contributed by atoms with Gasteiger partial charge in [-0.05, 0) is 54.5 Å². The summed E-state index contributed by atoms with van der Waals surface area (Å²) in [6, 6.07) is 15.7. The number of amides is 1. The minimum Gasteiger partial charge on any atom is -0.478 e. The molecule has 0 radical (unpaired) electrons. The highest BCUT2D eigenvalue weighted by Crippen LogP contribution is 2.29. The highest BCUT2D eigenvalue weighted by atomic mass is 79.9. The molecule has 1 aliphatic heterocycles. The number of rotatable bonds is 7. The van der Waals surface area contributed by atoms with Crippen molar-refractivity contribution >= 4 is 45.3 Å². The van der Waals surface area contributed by atoms with Crippen LogP contribution in [-0.2, 0) is 14.3 Å². The van der Waals surface area contributed by atoms with E-state index in [4.69, 9.17) is 10.00 Å². The van der Waals surface area contributed by atoms with Crippen molar-refractivity contribution in [1.82, 2.24) is 0 Å². The maximum Gasteiger partial charge on any atom is 0.331 e. The number of nitrogens with zero attached hydrogens (tertiary/aromatic N) is 3. The van der Waals surface area contributed by atoms with Gasteiger partial charge in [0.2, 0.25) is 0 Å². The lowest BCUT2D eigenvalue weighted by Crippen LogP contribution is -2.29. The van der Waals surface area contributed by atoms with E-state index in [-0.39, 0.29) is 24.5 Å². The van der Waals surface area contributed by atoms with Gasteiger partial charge in [0, 0.05) is 17.2 Å². The van der Waals surface area contributed by atoms with Crippen LogP contribution in [-0.4, -0.2) is 36.4 Å². The molecule has 1 amide bonds. The molecule has 1 atom stereocenters. The number of hydrazone groups is 1. The van der Waals surface area contributed by atoms with E-state index in [1.807, 2.05) is 6.07 Å². The Kier molecular flexibility index (Phi) is 6.77. The molecule has 30 heavy (non-hydrogen) atoms. The average Bonchev–Trinajstić information content (AvgIpc) is 3.04. The van der Waals surface area contributed by atoms with Gasteiger partial charge in [0.15, 0.2) is 0 Å². The standard InChI is InChI=1S/C22H18BrN3O4/c1-30-13-20-19(21(27)26(25-20)18-8-6-17(23)7-9-18)11-16(22(28)29)10-14-2-4-15(12-24)5-3-14/h2-10,19H,11,13H2,1H3,(H,28,29). The highest BCUT2D eigenvalue weighted by Gasteiger charge is 2.37. The molecule has 1 N–H and O–H groups in total. The minimum atomic E-state index is -1.12. The number of carboxylic acid groups (broad SMARTS) is 1. The molecule has 0 saturated carbocycles. The molecule has 152 valence electrons. The van der Waals surface area contributed by atoms with Crippen LogP contribution in [0.2, 0.25) is 0 Å². The third-order valence-electron chi connectivity index (χ3n) is 4.58. The molecule has 7 nitrogen and oxygen atoms in total. The number of carbonyl (C=O) groups is 2. The van der Waals surface area contributed by atoms with Crippen LogP contribution < -0.4 is 5.01 Å². The molecule has 0 aliphatic carbocycles. The Labute approximate surface area is 182 Å². The van der Waals surface area contributed by atoms with Crippen molar-refractivity contribution in [3.63, 3.8) is 0 Å². The molecule has 0 aromatic heterocycles. The topological polar surface area (TPSA) is 103 Å². The van der Waals surface area contributed by atoms with Gasteiger partial charge in [0.25, 0.3) is 5.91 Å². The quantitative estimate of drug-likeness (QED) is 0.622. The fraction of sp³-hybridized carbons (Fsp3) is 0.182. The molecular weight excluding hydrogens is 450 g/mol. The Morgan fingerprint density at radius 2 is 1.93 bits per heavy atom. The fourth-order valence-electron chi connectivity index (χ4n) is 3.07. The number of carboxylic acids is 1. The molecule has 0 bridgehead atoms. The third kappa shape index (κ3) is 4.82. The fourth-order valence-corrected chi connectivity index (χ4v) is 3.33. The van der Waals surface area contributed by atoms with Gasteiger partial charge in [-0.25, -0.2) is 9.80 Å². The second-order valence-corrected chi connectivity index (χ2v) is 7.53. The first-order valence-corrected chi connectivity index (χ1v) is 9.82. The van der Waals surface area contributed by atoms with Crippen molar-refractivity contribution in [1.29, 1.82) is 5.26 Å². The second kappa shape index (κ2) is 9.48. The molecular formula is C22H18BrN3O4. The van der Waals surface area contributed by atoms with E-state index in [1.54, 1.807) is 48.5 Å². The summed E-state index contributed by atoms with van der Waals surface area (Å²) in [6.45, 7) is 0.118. The maximum atomic E-state index is 13.1. The number of ether oxygens (including phenoxy) is 1. The van der Waals surface area contributed by atoms with Crippen LogP contribution in [0.25, 0.3) is 6.08 Å². The van der Waals surface area contributed by atoms with Crippen LogP contribution >= 0.6 is 15.9 Å². The predicted molar refractivity (Wildman–Crippen MR) is 116 cm³/mol. The molecule has 2 aromatic rings. The molecule has 0 spiro atoms. The Balaban J connectivity index is 1.89. The van der Waals surface area contributed by atoms with Gasteiger partial charge >= 0.3 is 5.97 Å². The molecule has 8 heteroatoms. The van der Waals surface area contributed by atoms with Crippen molar-refractivity contribution < 1.29 is 19.4 Å². The number of hydrogen-bond acceptors (Lipinski definition) is 5. The SMILES string of the molecule is COCC1=NN(c2ccc(Br)cc2)C(=O)C1CC(=Cc1ccc(C#N)cc1)C(=O)O. The smallest absolute Gasteiger partial charge is 0.331 e. The number of halogens is 1. The van der Waals surface area contributed by atoms with Crippen molar-refractivity contribution in [2.45, 2.75) is 6.42 Å². The first-order valence-electron chi connectivity index (χ1n) is 9.02. The lowest BCUT2D eigenvalue weighted by Gasteiger charge is -2.15. The number of aliphatic carboxylic acids is 1. The number of benzene rings is 2. The van der Waals surface area contributed by atoms with E-state index >= 15 is 0 Å². The van der Waals surface area contributed by atoms with E-state index in [1.165, 1.54) is 18.2 Å². The average molecular weight is 468 g/mol. The molecule has 0 fully saturated rings. The predicted octanol–water partition coefficient (Wildman–Crippen LogP) is 3.84. The lowest BCUT2D eigenvalue weighted by atomic mass is 9.93. The Morgan fingerprint density at radius 1 is 1.27 bits per heavy atom. The van der Waals surface area contributed by atoms with Gasteiger partial charge in [0.05, 0.1) is 35.6 Å². The normalized spacial score (nSPS) is 16.4. The number of methoxy groups -OCH3 is 1. The summed E-state index contributed by atoms with van der Waals surface area (Å²) in [4.78, 5) is 24.9. The molecule has 1 heterocycles. The summed E-state index contributed by atoms with van der Waals surface area (Å²) < 4.78 is 6.05. The minimum absolute atomic E-state index is 0.0244. The van der Waals surface area contributed by atoms with Crippen LogP contribution in [0.1, 0.15) is 17.5 Å². The van der Waals surface area contributed by atoms with Crippen LogP contribution in [0.15, 0.2) is 63.7 Å². The van der Waals surface area contributed by atoms with Crippen LogP contribution in [0.3, 0.4) is 0 Å². The first kappa shape index (κ1) is 21.4. The molecule has 1 unspecified atom stereocenters. The molecule has 0 saturated heterocycles. The van der Waals surface area contributed by atoms with Crippen LogP contribution in [0.4, 0.5) is 5.69 Å². The van der Waals surface area contributed by atoms with Gasteiger partial charge in [0.1, 0.15) is 0 Å². The number of carbonyl (C=O) groups excluding carboxylic acids is 1. The Morgan fingerprint density at radius 3 is 2.50 bits per heavy atom. The van der Waals surface area contributed by atoms with E-state index in [0.29, 0.717) is 22.5 Å². The van der Waals surface area contributed by atoms with Gasteiger partial charge in [-0.3, -0.25) is 4.79 Å². The van der Waals surface area contributed by atoms with Crippen molar-refractivity contribution in [3.05, 3.63) is 69.7 Å². The highest BCUT2D eigenvalue weighted by molar-refractivity contribution is 9.10. The van der Waals surface area contributed by atoms with E-state index in [0.717, 1.165) is 4.47 Å². The van der Waals surface area contributed by atoms with Gasteiger partial charge in [-0.2, -0.15) is 10.4 Å². The van der Waals surface area contributed by atoms with E-state index in [9.17, 15) is 14.7 Å². The zero-order chi connectivity index (χ0) is 21.7. The maximum absolute atomic E-state index is 13.1. The summed E-state index contributed by atoms with van der Waals surface area (Å²) in [7, 11) is 1.50. The summed E-state index contributed by atoms with van der Waals surface area (Å²) in [5.74, 6) is -2.17. The molecule has 2 aromatic carbocycles. The van der Waals surface area contributed by atoms with Gasteiger partial charge in [-0.1, -0.05) is 28.1 Å². The second-order valence-electron chi connectivity index (χ2n) is 6.62. The zero-order valence-electron chi connectivity index (χ0n) is 16.1. The first-order chi connectivity index (χ1) is 14.4. The van der Waals surface area contributed by atoms with Crippen LogP contribution in [0, 0.1) is 17.2 Å². The largest absolute Gasteiger partial charge is 0.478 e. The number of anilines is 1. The van der Waals surface area contributed by atoms with Crippen molar-refractivity contribution in [2.24, 2.45) is 11.0 Å². The Bertz CT molecular complexity index is 1050. The number of nitriles is 1. The Hall–Kier alpha value is -3.28. The summed E-state index contributed by atoms with van der Waals surface area (Å²) in [5.41, 5.74) is 2.24. The van der Waals surface area contributed by atoms with E-state index in [2.05, 4.69) is 21.0 Å². The summed E-state index contributed by atoms with van der Waals surface area (Å²) in [6.07, 6.45) is 1.48.